The van der Waals surface area contributed by atoms with Gasteiger partial charge < -0.3 is 9.88 Å². The largest absolute Gasteiger partial charge is 0.367 e. The van der Waals surface area contributed by atoms with E-state index in [4.69, 9.17) is 0 Å². The van der Waals surface area contributed by atoms with Gasteiger partial charge in [0.15, 0.2) is 11.0 Å². The van der Waals surface area contributed by atoms with Crippen LogP contribution in [0.15, 0.2) is 5.16 Å². The zero-order valence-corrected chi connectivity index (χ0v) is 16.4. The van der Waals surface area contributed by atoms with E-state index in [1.807, 2.05) is 13.8 Å². The van der Waals surface area contributed by atoms with Crippen molar-refractivity contribution < 1.29 is 0 Å². The molecule has 0 atom stereocenters. The van der Waals surface area contributed by atoms with Crippen LogP contribution >= 0.6 is 11.8 Å². The van der Waals surface area contributed by atoms with Crippen molar-refractivity contribution in [3.05, 3.63) is 22.6 Å². The second kappa shape index (κ2) is 8.49. The van der Waals surface area contributed by atoms with Crippen LogP contribution in [-0.2, 0) is 6.42 Å². The highest BCUT2D eigenvalue weighted by Crippen LogP contribution is 2.33. The second-order valence-electron chi connectivity index (χ2n) is 6.69. The lowest BCUT2D eigenvalue weighted by Crippen LogP contribution is -2.13. The summed E-state index contributed by atoms with van der Waals surface area (Å²) in [7, 11) is 0. The summed E-state index contributed by atoms with van der Waals surface area (Å²) >= 11 is 1.67. The van der Waals surface area contributed by atoms with Crippen molar-refractivity contribution in [2.24, 2.45) is 0 Å². The highest BCUT2D eigenvalue weighted by Gasteiger charge is 2.23. The van der Waals surface area contributed by atoms with Crippen molar-refractivity contribution in [2.75, 3.05) is 18.1 Å². The quantitative estimate of drug-likeness (QED) is 0.588. The lowest BCUT2D eigenvalue weighted by atomic mass is 10.1. The maximum absolute atomic E-state index is 9.36. The number of anilines is 1. The molecule has 2 aromatic rings. The topological polar surface area (TPSA) is 92.3 Å². The van der Waals surface area contributed by atoms with Crippen molar-refractivity contribution in [2.45, 2.75) is 63.6 Å². The Bertz CT molecular complexity index is 803. The molecule has 0 aromatic carbocycles. The van der Waals surface area contributed by atoms with Gasteiger partial charge in [-0.3, -0.25) is 0 Å². The van der Waals surface area contributed by atoms with Gasteiger partial charge in [0, 0.05) is 19.0 Å². The number of rotatable bonds is 7. The number of aryl methyl sites for hydroxylation is 2. The highest BCUT2D eigenvalue weighted by molar-refractivity contribution is 7.98. The van der Waals surface area contributed by atoms with Gasteiger partial charge in [0.2, 0.25) is 0 Å². The van der Waals surface area contributed by atoms with E-state index in [0.29, 0.717) is 17.4 Å². The third kappa shape index (κ3) is 3.83. The van der Waals surface area contributed by atoms with Crippen LogP contribution in [0.1, 0.15) is 60.8 Å². The molecule has 0 radical (unpaired) electrons. The van der Waals surface area contributed by atoms with Gasteiger partial charge in [-0.05, 0) is 44.9 Å². The normalized spacial score (nSPS) is 14.5. The molecular formula is C18H25N7S. The van der Waals surface area contributed by atoms with E-state index in [1.165, 1.54) is 25.7 Å². The predicted molar refractivity (Wildman–Crippen MR) is 102 cm³/mol. The van der Waals surface area contributed by atoms with E-state index in [0.717, 1.165) is 41.6 Å². The van der Waals surface area contributed by atoms with E-state index in [-0.39, 0.29) is 0 Å². The molecule has 138 valence electrons. The summed E-state index contributed by atoms with van der Waals surface area (Å²) < 4.78 is 2.34. The molecule has 0 amide bonds. The molecule has 1 fully saturated rings. The zero-order chi connectivity index (χ0) is 18.5. The SMILES string of the molecule is CSc1nnc(CCCNc2nnc(C)c(C)c2C#N)n1C1CCCC1. The van der Waals surface area contributed by atoms with Gasteiger partial charge in [-0.25, -0.2) is 0 Å². The molecule has 0 saturated heterocycles. The van der Waals surface area contributed by atoms with Crippen LogP contribution in [0.2, 0.25) is 0 Å². The van der Waals surface area contributed by atoms with Gasteiger partial charge in [-0.2, -0.15) is 10.4 Å². The minimum absolute atomic E-state index is 0.547. The average Bonchev–Trinajstić information content (AvgIpc) is 3.30. The zero-order valence-electron chi connectivity index (χ0n) is 15.6. The van der Waals surface area contributed by atoms with Crippen molar-refractivity contribution in [3.63, 3.8) is 0 Å². The van der Waals surface area contributed by atoms with Crippen LogP contribution < -0.4 is 5.32 Å². The van der Waals surface area contributed by atoms with Gasteiger partial charge in [0.05, 0.1) is 5.69 Å². The molecular weight excluding hydrogens is 346 g/mol. The summed E-state index contributed by atoms with van der Waals surface area (Å²) in [5, 5.41) is 30.7. The van der Waals surface area contributed by atoms with E-state index < -0.39 is 0 Å². The van der Waals surface area contributed by atoms with Gasteiger partial charge in [0.1, 0.15) is 17.5 Å². The molecule has 3 rings (SSSR count). The Morgan fingerprint density at radius 1 is 1.19 bits per heavy atom. The Kier molecular flexibility index (Phi) is 6.09. The number of hydrogen-bond donors (Lipinski definition) is 1. The fourth-order valence-electron chi connectivity index (χ4n) is 3.47. The first-order valence-corrected chi connectivity index (χ1v) is 10.3. The number of nitrogens with one attached hydrogen (secondary N) is 1. The maximum atomic E-state index is 9.36. The average molecular weight is 372 g/mol. The fourth-order valence-corrected chi connectivity index (χ4v) is 4.04. The summed E-state index contributed by atoms with van der Waals surface area (Å²) in [6.45, 7) is 4.49. The van der Waals surface area contributed by atoms with Crippen LogP contribution in [0.3, 0.4) is 0 Å². The van der Waals surface area contributed by atoms with E-state index >= 15 is 0 Å². The molecule has 2 heterocycles. The molecule has 0 unspecified atom stereocenters. The van der Waals surface area contributed by atoms with Gasteiger partial charge in [-0.1, -0.05) is 24.6 Å². The van der Waals surface area contributed by atoms with Crippen LogP contribution in [0.5, 0.6) is 0 Å². The number of aromatic nitrogens is 5. The first-order valence-electron chi connectivity index (χ1n) is 9.11. The summed E-state index contributed by atoms with van der Waals surface area (Å²) in [5.74, 6) is 1.63. The van der Waals surface area contributed by atoms with E-state index in [2.05, 4.69) is 42.6 Å². The van der Waals surface area contributed by atoms with Crippen molar-refractivity contribution in [1.82, 2.24) is 25.0 Å². The first-order chi connectivity index (χ1) is 12.7. The van der Waals surface area contributed by atoms with Gasteiger partial charge >= 0.3 is 0 Å². The summed E-state index contributed by atoms with van der Waals surface area (Å²) in [6.07, 6.45) is 8.85. The van der Waals surface area contributed by atoms with Crippen LogP contribution in [0.4, 0.5) is 5.82 Å². The maximum Gasteiger partial charge on any atom is 0.191 e. The lowest BCUT2D eigenvalue weighted by molar-refractivity contribution is 0.461. The van der Waals surface area contributed by atoms with Crippen molar-refractivity contribution >= 4 is 17.6 Å². The standard InChI is InChI=1S/C18H25N7S/c1-12-13(2)21-23-17(15(12)11-19)20-10-6-9-16-22-24-18(26-3)25(16)14-7-4-5-8-14/h14H,4-10H2,1-3H3,(H,20,23). The summed E-state index contributed by atoms with van der Waals surface area (Å²) in [4.78, 5) is 0. The van der Waals surface area contributed by atoms with Crippen LogP contribution in [0, 0.1) is 25.2 Å². The molecule has 0 aliphatic heterocycles. The molecule has 1 saturated carbocycles. The Labute approximate surface area is 158 Å². The molecule has 1 aliphatic carbocycles. The molecule has 0 bridgehead atoms. The molecule has 26 heavy (non-hydrogen) atoms. The molecule has 1 N–H and O–H groups in total. The first kappa shape index (κ1) is 18.6. The number of nitrogens with zero attached hydrogens (tertiary/aromatic N) is 6. The second-order valence-corrected chi connectivity index (χ2v) is 7.46. The van der Waals surface area contributed by atoms with Gasteiger partial charge in [0.25, 0.3) is 0 Å². The number of thioether (sulfide) groups is 1. The van der Waals surface area contributed by atoms with E-state index in [9.17, 15) is 5.26 Å². The third-order valence-corrected chi connectivity index (χ3v) is 5.69. The van der Waals surface area contributed by atoms with Crippen LogP contribution in [-0.4, -0.2) is 37.8 Å². The monoisotopic (exact) mass is 371 g/mol. The fraction of sp³-hybridized carbons (Fsp3) is 0.611. The van der Waals surface area contributed by atoms with E-state index in [1.54, 1.807) is 11.8 Å². The van der Waals surface area contributed by atoms with Crippen molar-refractivity contribution in [1.29, 1.82) is 5.26 Å². The Morgan fingerprint density at radius 3 is 2.65 bits per heavy atom. The Morgan fingerprint density at radius 2 is 1.96 bits per heavy atom. The summed E-state index contributed by atoms with van der Waals surface area (Å²) in [6, 6.07) is 2.77. The van der Waals surface area contributed by atoms with Crippen LogP contribution in [0.25, 0.3) is 0 Å². The van der Waals surface area contributed by atoms with Gasteiger partial charge in [-0.15, -0.1) is 15.3 Å². The molecule has 1 aliphatic rings. The molecule has 0 spiro atoms. The lowest BCUT2D eigenvalue weighted by Gasteiger charge is -2.16. The molecule has 2 aromatic heterocycles. The number of nitriles is 1. The van der Waals surface area contributed by atoms with Crippen molar-refractivity contribution in [3.8, 4) is 6.07 Å². The number of hydrogen-bond acceptors (Lipinski definition) is 7. The smallest absolute Gasteiger partial charge is 0.191 e. The summed E-state index contributed by atoms with van der Waals surface area (Å²) in [5.41, 5.74) is 2.26. The molecule has 8 heteroatoms. The third-order valence-electron chi connectivity index (χ3n) is 5.04. The Hall–Kier alpha value is -2.14. The Balaban J connectivity index is 1.62. The highest BCUT2D eigenvalue weighted by atomic mass is 32.2. The minimum Gasteiger partial charge on any atom is -0.367 e. The molecule has 7 nitrogen and oxygen atoms in total. The minimum atomic E-state index is 0.547. The predicted octanol–water partition coefficient (Wildman–Crippen LogP) is 3.44.